The van der Waals surface area contributed by atoms with E-state index in [1.807, 2.05) is 6.82 Å². The predicted octanol–water partition coefficient (Wildman–Crippen LogP) is 3.07. The summed E-state index contributed by atoms with van der Waals surface area (Å²) in [6, 6.07) is 0. The average Bonchev–Trinajstić information content (AvgIpc) is 2.19. The van der Waals surface area contributed by atoms with Gasteiger partial charge in [-0.3, -0.25) is 0 Å². The van der Waals surface area contributed by atoms with Crippen molar-refractivity contribution in [3.63, 3.8) is 0 Å². The molecule has 1 fully saturated rings. The maximum atomic E-state index is 5.54. The summed E-state index contributed by atoms with van der Waals surface area (Å²) < 4.78 is 11.1. The van der Waals surface area contributed by atoms with E-state index in [2.05, 4.69) is 40.9 Å². The Kier molecular flexibility index (Phi) is 4.62. The average molecular weight is 196 g/mol. The van der Waals surface area contributed by atoms with Crippen molar-refractivity contribution in [1.82, 2.24) is 0 Å². The fraction of sp³-hybridized carbons (Fsp3) is 0.636. The second-order valence-electron chi connectivity index (χ2n) is 4.30. The van der Waals surface area contributed by atoms with Gasteiger partial charge in [0.05, 0.1) is 11.2 Å². The summed E-state index contributed by atoms with van der Waals surface area (Å²) in [5, 5.41) is 0. The van der Waals surface area contributed by atoms with Gasteiger partial charge in [0, 0.05) is 0 Å². The molecule has 0 aromatic rings. The second kappa shape index (κ2) is 4.81. The zero-order valence-corrected chi connectivity index (χ0v) is 9.96. The van der Waals surface area contributed by atoms with Crippen LogP contribution in [-0.4, -0.2) is 18.3 Å². The molecule has 0 spiro atoms. The molecule has 0 unspecified atom stereocenters. The molecule has 0 bridgehead atoms. The van der Waals surface area contributed by atoms with Crippen LogP contribution in [0.5, 0.6) is 0 Å². The van der Waals surface area contributed by atoms with Gasteiger partial charge in [-0.05, 0) is 34.5 Å². The molecule has 0 aliphatic carbocycles. The topological polar surface area (TPSA) is 18.5 Å². The Hall–Kier alpha value is -0.535. The van der Waals surface area contributed by atoms with Gasteiger partial charge in [0.25, 0.3) is 0 Å². The second-order valence-corrected chi connectivity index (χ2v) is 4.30. The minimum absolute atomic E-state index is 0.0648. The molecule has 3 heteroatoms. The van der Waals surface area contributed by atoms with Gasteiger partial charge >= 0.3 is 7.12 Å². The fourth-order valence-corrected chi connectivity index (χ4v) is 1.14. The third kappa shape index (κ3) is 3.31. The van der Waals surface area contributed by atoms with Gasteiger partial charge in [0.15, 0.2) is 0 Å². The molecule has 0 N–H and O–H groups in total. The van der Waals surface area contributed by atoms with Crippen molar-refractivity contribution in [1.29, 1.82) is 0 Å². The highest BCUT2D eigenvalue weighted by Gasteiger charge is 2.48. The third-order valence-corrected chi connectivity index (χ3v) is 2.54. The molecule has 0 radical (unpaired) electrons. The molecule has 1 aliphatic heterocycles. The van der Waals surface area contributed by atoms with Crippen LogP contribution in [-0.2, 0) is 9.31 Å². The first-order valence-electron chi connectivity index (χ1n) is 4.86. The quantitative estimate of drug-likeness (QED) is 0.474. The molecule has 1 aliphatic rings. The normalized spacial score (nSPS) is 22.2. The smallest absolute Gasteiger partial charge is 0.403 e. The van der Waals surface area contributed by atoms with Gasteiger partial charge in [-0.2, -0.15) is 0 Å². The first kappa shape index (κ1) is 13.5. The lowest BCUT2D eigenvalue weighted by Gasteiger charge is -2.32. The lowest BCUT2D eigenvalue weighted by Crippen LogP contribution is -2.41. The van der Waals surface area contributed by atoms with Crippen LogP contribution in [0, 0.1) is 0 Å². The predicted molar refractivity (Wildman–Crippen MR) is 62.3 cm³/mol. The molecule has 80 valence electrons. The SMILES string of the molecule is C=CC=C.CB1OC(C)(C)C(C)(C)O1. The van der Waals surface area contributed by atoms with Crippen LogP contribution in [0.1, 0.15) is 27.7 Å². The van der Waals surface area contributed by atoms with Gasteiger partial charge < -0.3 is 9.31 Å². The number of rotatable bonds is 1. The van der Waals surface area contributed by atoms with E-state index in [9.17, 15) is 0 Å². The van der Waals surface area contributed by atoms with E-state index in [4.69, 9.17) is 9.31 Å². The van der Waals surface area contributed by atoms with Crippen molar-refractivity contribution < 1.29 is 9.31 Å². The summed E-state index contributed by atoms with van der Waals surface area (Å²) in [6.07, 6.45) is 3.28. The summed E-state index contributed by atoms with van der Waals surface area (Å²) in [5.74, 6) is 0. The molecule has 0 amide bonds. The minimum Gasteiger partial charge on any atom is -0.403 e. The van der Waals surface area contributed by atoms with Gasteiger partial charge in [-0.25, -0.2) is 0 Å². The zero-order chi connectivity index (χ0) is 11.4. The van der Waals surface area contributed by atoms with Crippen molar-refractivity contribution in [2.24, 2.45) is 0 Å². The van der Waals surface area contributed by atoms with Crippen LogP contribution < -0.4 is 0 Å². The summed E-state index contributed by atoms with van der Waals surface area (Å²) in [7, 11) is -0.0648. The van der Waals surface area contributed by atoms with Crippen LogP contribution in [0.25, 0.3) is 0 Å². The molecule has 14 heavy (non-hydrogen) atoms. The summed E-state index contributed by atoms with van der Waals surface area (Å²) in [6.45, 7) is 16.9. The largest absolute Gasteiger partial charge is 0.454 e. The summed E-state index contributed by atoms with van der Waals surface area (Å²) >= 11 is 0. The van der Waals surface area contributed by atoms with Crippen LogP contribution >= 0.6 is 0 Å². The lowest BCUT2D eigenvalue weighted by atomic mass is 9.90. The molecule has 1 rings (SSSR count). The van der Waals surface area contributed by atoms with Crippen molar-refractivity contribution in [3.8, 4) is 0 Å². The molecular formula is C11H21BO2. The first-order valence-corrected chi connectivity index (χ1v) is 4.86. The van der Waals surface area contributed by atoms with Crippen LogP contribution in [0.2, 0.25) is 6.82 Å². The maximum Gasteiger partial charge on any atom is 0.454 e. The first-order chi connectivity index (χ1) is 6.27. The van der Waals surface area contributed by atoms with Crippen molar-refractivity contribution in [3.05, 3.63) is 25.3 Å². The molecule has 0 saturated carbocycles. The van der Waals surface area contributed by atoms with E-state index in [0.717, 1.165) is 0 Å². The summed E-state index contributed by atoms with van der Waals surface area (Å²) in [5.41, 5.74) is -0.321. The lowest BCUT2D eigenvalue weighted by molar-refractivity contribution is 0.00578. The Balaban J connectivity index is 0.000000364. The van der Waals surface area contributed by atoms with E-state index in [0.29, 0.717) is 0 Å². The summed E-state index contributed by atoms with van der Waals surface area (Å²) in [4.78, 5) is 0. The van der Waals surface area contributed by atoms with Crippen molar-refractivity contribution >= 4 is 7.12 Å². The Morgan fingerprint density at radius 2 is 1.21 bits per heavy atom. The number of hydrogen-bond donors (Lipinski definition) is 0. The van der Waals surface area contributed by atoms with Gasteiger partial charge in [0.1, 0.15) is 0 Å². The van der Waals surface area contributed by atoms with Crippen LogP contribution in [0.4, 0.5) is 0 Å². The van der Waals surface area contributed by atoms with Crippen LogP contribution in [0.15, 0.2) is 25.3 Å². The zero-order valence-electron chi connectivity index (χ0n) is 9.96. The Bertz CT molecular complexity index is 187. The molecule has 0 aromatic carbocycles. The maximum absolute atomic E-state index is 5.54. The standard InChI is InChI=1S/C7H15BO2.C4H6/c1-6(2)7(3,4)10-8(5)9-6;1-3-4-2/h1-5H3;3-4H,1-2H2. The number of hydrogen-bond acceptors (Lipinski definition) is 2. The monoisotopic (exact) mass is 196 g/mol. The highest BCUT2D eigenvalue weighted by molar-refractivity contribution is 6.43. The van der Waals surface area contributed by atoms with E-state index in [1.54, 1.807) is 12.2 Å². The molecular weight excluding hydrogens is 175 g/mol. The Morgan fingerprint density at radius 3 is 1.29 bits per heavy atom. The van der Waals surface area contributed by atoms with E-state index < -0.39 is 0 Å². The molecule has 0 aromatic heterocycles. The van der Waals surface area contributed by atoms with Gasteiger partial charge in [0.2, 0.25) is 0 Å². The molecule has 2 nitrogen and oxygen atoms in total. The fourth-order valence-electron chi connectivity index (χ4n) is 1.14. The van der Waals surface area contributed by atoms with E-state index in [1.165, 1.54) is 0 Å². The van der Waals surface area contributed by atoms with Gasteiger partial charge in [-0.15, -0.1) is 0 Å². The third-order valence-electron chi connectivity index (χ3n) is 2.54. The van der Waals surface area contributed by atoms with Gasteiger partial charge in [-0.1, -0.05) is 25.3 Å². The van der Waals surface area contributed by atoms with E-state index in [-0.39, 0.29) is 18.3 Å². The highest BCUT2D eigenvalue weighted by Crippen LogP contribution is 2.36. The number of allylic oxidation sites excluding steroid dienone is 2. The molecule has 1 heterocycles. The van der Waals surface area contributed by atoms with E-state index >= 15 is 0 Å². The highest BCUT2D eigenvalue weighted by atomic mass is 16.7. The van der Waals surface area contributed by atoms with Crippen molar-refractivity contribution in [2.75, 3.05) is 0 Å². The Labute approximate surface area is 88.1 Å². The van der Waals surface area contributed by atoms with Crippen molar-refractivity contribution in [2.45, 2.75) is 45.7 Å². The minimum atomic E-state index is -0.160. The molecule has 1 saturated heterocycles. The van der Waals surface area contributed by atoms with Crippen LogP contribution in [0.3, 0.4) is 0 Å². The molecule has 0 atom stereocenters. The Morgan fingerprint density at radius 1 is 0.929 bits per heavy atom.